The van der Waals surface area contributed by atoms with Gasteiger partial charge in [0.1, 0.15) is 0 Å². The molecule has 5 unspecified atom stereocenters. The first-order valence-corrected chi connectivity index (χ1v) is 8.87. The fraction of sp³-hybridized carbons (Fsp3) is 0.842. The standard InChI is InChI=1S/C19H28O2/c1-18-9-7-13(20)11-12(18)3-4-14-15-5-6-17(21)19(15,2)10-8-16(14)18/h11,14-17,21H,3-10H2,1-2H3/t14?,15?,16-,17?,18?,19?/m0/s1. The van der Waals surface area contributed by atoms with Gasteiger partial charge in [-0.05, 0) is 79.6 Å². The number of aliphatic hydroxyl groups is 1. The van der Waals surface area contributed by atoms with Crippen molar-refractivity contribution in [1.29, 1.82) is 0 Å². The molecule has 0 aromatic rings. The lowest BCUT2D eigenvalue weighted by molar-refractivity contribution is -0.118. The molecule has 0 spiro atoms. The first-order valence-electron chi connectivity index (χ1n) is 8.87. The second-order valence-electron chi connectivity index (χ2n) is 8.61. The molecule has 3 fully saturated rings. The van der Waals surface area contributed by atoms with E-state index in [4.69, 9.17) is 0 Å². The molecule has 2 heteroatoms. The second kappa shape index (κ2) is 4.44. The van der Waals surface area contributed by atoms with E-state index in [0.717, 1.165) is 37.5 Å². The summed E-state index contributed by atoms with van der Waals surface area (Å²) in [4.78, 5) is 11.8. The molecular formula is C19H28O2. The number of carbonyl (C=O) groups excluding carboxylic acids is 1. The highest BCUT2D eigenvalue weighted by Gasteiger charge is 2.58. The van der Waals surface area contributed by atoms with Gasteiger partial charge in [0, 0.05) is 6.42 Å². The summed E-state index contributed by atoms with van der Waals surface area (Å²) >= 11 is 0. The fourth-order valence-electron chi connectivity index (χ4n) is 6.53. The SMILES string of the molecule is CC12CC[C@H]3C(CCC4=CC(=O)CCC43C)C1CCC2O. The van der Waals surface area contributed by atoms with Crippen LogP contribution in [0.2, 0.25) is 0 Å². The number of rotatable bonds is 0. The Balaban J connectivity index is 1.69. The molecule has 0 aliphatic heterocycles. The summed E-state index contributed by atoms with van der Waals surface area (Å²) in [5, 5.41) is 10.4. The summed E-state index contributed by atoms with van der Waals surface area (Å²) in [6, 6.07) is 0. The number of hydrogen-bond acceptors (Lipinski definition) is 2. The Morgan fingerprint density at radius 1 is 1.05 bits per heavy atom. The Hall–Kier alpha value is -0.630. The van der Waals surface area contributed by atoms with Crippen molar-refractivity contribution < 1.29 is 9.90 Å². The van der Waals surface area contributed by atoms with Gasteiger partial charge >= 0.3 is 0 Å². The quantitative estimate of drug-likeness (QED) is 0.734. The van der Waals surface area contributed by atoms with Crippen LogP contribution in [0.25, 0.3) is 0 Å². The zero-order valence-electron chi connectivity index (χ0n) is 13.4. The third-order valence-electron chi connectivity index (χ3n) is 7.91. The highest BCUT2D eigenvalue weighted by atomic mass is 16.3. The molecule has 0 aromatic heterocycles. The lowest BCUT2D eigenvalue weighted by Gasteiger charge is -2.57. The van der Waals surface area contributed by atoms with E-state index in [1.807, 2.05) is 6.08 Å². The highest BCUT2D eigenvalue weighted by molar-refractivity contribution is 5.91. The third-order valence-corrected chi connectivity index (χ3v) is 7.91. The van der Waals surface area contributed by atoms with Gasteiger partial charge in [0.25, 0.3) is 0 Å². The second-order valence-corrected chi connectivity index (χ2v) is 8.61. The minimum absolute atomic E-state index is 0.0823. The van der Waals surface area contributed by atoms with E-state index in [1.54, 1.807) is 0 Å². The third kappa shape index (κ3) is 1.78. The van der Waals surface area contributed by atoms with Crippen molar-refractivity contribution in [2.45, 2.75) is 71.3 Å². The van der Waals surface area contributed by atoms with Crippen LogP contribution >= 0.6 is 0 Å². The largest absolute Gasteiger partial charge is 0.393 e. The molecule has 0 saturated heterocycles. The predicted octanol–water partition coefficient (Wildman–Crippen LogP) is 3.88. The van der Waals surface area contributed by atoms with Gasteiger partial charge in [-0.3, -0.25) is 4.79 Å². The molecule has 0 aromatic carbocycles. The van der Waals surface area contributed by atoms with Crippen LogP contribution < -0.4 is 0 Å². The average Bonchev–Trinajstić information content (AvgIpc) is 2.76. The Kier molecular flexibility index (Phi) is 2.96. The summed E-state index contributed by atoms with van der Waals surface area (Å²) in [6.07, 6.45) is 10.7. The molecule has 0 heterocycles. The van der Waals surface area contributed by atoms with Gasteiger partial charge < -0.3 is 5.11 Å². The lowest BCUT2D eigenvalue weighted by atomic mass is 9.47. The van der Waals surface area contributed by atoms with Crippen LogP contribution in [0, 0.1) is 28.6 Å². The molecule has 4 aliphatic rings. The molecule has 0 bridgehead atoms. The van der Waals surface area contributed by atoms with E-state index in [-0.39, 0.29) is 16.9 Å². The summed E-state index contributed by atoms with van der Waals surface area (Å²) in [6.45, 7) is 4.76. The monoisotopic (exact) mass is 288 g/mol. The van der Waals surface area contributed by atoms with Crippen LogP contribution in [0.15, 0.2) is 11.6 Å². The van der Waals surface area contributed by atoms with Crippen molar-refractivity contribution in [3.63, 3.8) is 0 Å². The van der Waals surface area contributed by atoms with Crippen molar-refractivity contribution in [2.75, 3.05) is 0 Å². The number of carbonyl (C=O) groups is 1. The van der Waals surface area contributed by atoms with Gasteiger partial charge in [-0.1, -0.05) is 19.4 Å². The van der Waals surface area contributed by atoms with E-state index in [9.17, 15) is 9.90 Å². The van der Waals surface area contributed by atoms with Gasteiger partial charge in [-0.2, -0.15) is 0 Å². The van der Waals surface area contributed by atoms with E-state index in [2.05, 4.69) is 13.8 Å². The molecule has 4 aliphatic carbocycles. The Morgan fingerprint density at radius 2 is 1.86 bits per heavy atom. The van der Waals surface area contributed by atoms with Crippen LogP contribution in [0.3, 0.4) is 0 Å². The van der Waals surface area contributed by atoms with E-state index >= 15 is 0 Å². The van der Waals surface area contributed by atoms with Gasteiger partial charge in [-0.25, -0.2) is 0 Å². The van der Waals surface area contributed by atoms with Crippen LogP contribution in [-0.2, 0) is 4.79 Å². The first-order chi connectivity index (χ1) is 9.95. The normalized spacial score (nSPS) is 52.7. The Morgan fingerprint density at radius 3 is 2.67 bits per heavy atom. The summed E-state index contributed by atoms with van der Waals surface area (Å²) in [5.41, 5.74) is 1.89. The molecule has 4 rings (SSSR count). The van der Waals surface area contributed by atoms with Gasteiger partial charge in [0.15, 0.2) is 5.78 Å². The van der Waals surface area contributed by atoms with Crippen molar-refractivity contribution in [1.82, 2.24) is 0 Å². The molecule has 1 N–H and O–H groups in total. The zero-order valence-corrected chi connectivity index (χ0v) is 13.4. The highest BCUT2D eigenvalue weighted by Crippen LogP contribution is 2.65. The van der Waals surface area contributed by atoms with Gasteiger partial charge in [0.2, 0.25) is 0 Å². The van der Waals surface area contributed by atoms with E-state index in [0.29, 0.717) is 11.7 Å². The molecule has 21 heavy (non-hydrogen) atoms. The number of hydrogen-bond donors (Lipinski definition) is 1. The topological polar surface area (TPSA) is 37.3 Å². The lowest BCUT2D eigenvalue weighted by Crippen LogP contribution is -2.51. The number of allylic oxidation sites excluding steroid dienone is 1. The van der Waals surface area contributed by atoms with Crippen LogP contribution in [0.5, 0.6) is 0 Å². The summed E-state index contributed by atoms with van der Waals surface area (Å²) < 4.78 is 0. The number of aliphatic hydroxyl groups excluding tert-OH is 1. The van der Waals surface area contributed by atoms with Gasteiger partial charge in [-0.15, -0.1) is 0 Å². The average molecular weight is 288 g/mol. The van der Waals surface area contributed by atoms with E-state index in [1.165, 1.54) is 31.3 Å². The maximum Gasteiger partial charge on any atom is 0.155 e. The van der Waals surface area contributed by atoms with E-state index < -0.39 is 0 Å². The smallest absolute Gasteiger partial charge is 0.155 e. The Bertz CT molecular complexity index is 508. The molecule has 0 radical (unpaired) electrons. The first kappa shape index (κ1) is 14.0. The van der Waals surface area contributed by atoms with Crippen molar-refractivity contribution in [3.8, 4) is 0 Å². The molecule has 3 saturated carbocycles. The van der Waals surface area contributed by atoms with Crippen molar-refractivity contribution in [2.24, 2.45) is 28.6 Å². The zero-order chi connectivity index (χ0) is 14.8. The van der Waals surface area contributed by atoms with Crippen LogP contribution in [0.1, 0.15) is 65.2 Å². The Labute approximate surface area is 128 Å². The predicted molar refractivity (Wildman–Crippen MR) is 82.7 cm³/mol. The van der Waals surface area contributed by atoms with Gasteiger partial charge in [0.05, 0.1) is 6.10 Å². The summed E-state index contributed by atoms with van der Waals surface area (Å²) in [7, 11) is 0. The number of fused-ring (bicyclic) bond motifs is 5. The molecule has 116 valence electrons. The van der Waals surface area contributed by atoms with Crippen LogP contribution in [0.4, 0.5) is 0 Å². The maximum atomic E-state index is 11.8. The minimum atomic E-state index is -0.0823. The minimum Gasteiger partial charge on any atom is -0.393 e. The van der Waals surface area contributed by atoms with Crippen LogP contribution in [-0.4, -0.2) is 17.0 Å². The number of ketones is 1. The van der Waals surface area contributed by atoms with Crippen molar-refractivity contribution >= 4 is 5.78 Å². The molecule has 6 atom stereocenters. The maximum absolute atomic E-state index is 11.8. The fourth-order valence-corrected chi connectivity index (χ4v) is 6.53. The molecular weight excluding hydrogens is 260 g/mol. The summed E-state index contributed by atoms with van der Waals surface area (Å²) in [5.74, 6) is 2.57. The molecule has 2 nitrogen and oxygen atoms in total. The van der Waals surface area contributed by atoms with Crippen molar-refractivity contribution in [3.05, 3.63) is 11.6 Å². The molecule has 0 amide bonds.